The number of nitrogens with two attached hydrogens (primary N) is 1. The molecule has 0 aliphatic heterocycles. The van der Waals surface area contributed by atoms with Gasteiger partial charge in [0.1, 0.15) is 0 Å². The minimum absolute atomic E-state index is 0.00569. The maximum Gasteiger partial charge on any atom is 0.225 e. The molecule has 0 aromatic rings. The molecular weight excluding hydrogens is 204 g/mol. The van der Waals surface area contributed by atoms with Crippen LogP contribution in [0.1, 0.15) is 39.5 Å². The summed E-state index contributed by atoms with van der Waals surface area (Å²) in [6, 6.07) is 0. The lowest BCUT2D eigenvalue weighted by atomic mass is 9.80. The number of amides is 2. The van der Waals surface area contributed by atoms with Crippen molar-refractivity contribution < 1.29 is 9.59 Å². The predicted octanol–water partition coefficient (Wildman–Crippen LogP) is 1.15. The molecule has 0 aromatic heterocycles. The first-order valence-electron chi connectivity index (χ1n) is 6.18. The Morgan fingerprint density at radius 3 is 2.25 bits per heavy atom. The number of hydrogen-bond donors (Lipinski definition) is 1. The molecule has 2 unspecified atom stereocenters. The predicted molar refractivity (Wildman–Crippen MR) is 62.6 cm³/mol. The molecule has 1 aliphatic carbocycles. The summed E-state index contributed by atoms with van der Waals surface area (Å²) >= 11 is 0. The Labute approximate surface area is 97.2 Å². The fraction of sp³-hybridized carbons (Fsp3) is 0.833. The quantitative estimate of drug-likeness (QED) is 0.781. The minimum Gasteiger partial charge on any atom is -0.369 e. The monoisotopic (exact) mass is 226 g/mol. The molecule has 2 amide bonds. The summed E-state index contributed by atoms with van der Waals surface area (Å²) in [6.07, 6.45) is 3.33. The Morgan fingerprint density at radius 1 is 1.19 bits per heavy atom. The maximum atomic E-state index is 12.1. The lowest BCUT2D eigenvalue weighted by Crippen LogP contribution is -2.39. The zero-order valence-corrected chi connectivity index (χ0v) is 10.2. The van der Waals surface area contributed by atoms with Crippen LogP contribution in [-0.4, -0.2) is 29.8 Å². The van der Waals surface area contributed by atoms with E-state index in [1.165, 1.54) is 0 Å². The van der Waals surface area contributed by atoms with E-state index >= 15 is 0 Å². The van der Waals surface area contributed by atoms with Gasteiger partial charge in [0.15, 0.2) is 0 Å². The van der Waals surface area contributed by atoms with E-state index < -0.39 is 0 Å². The lowest BCUT2D eigenvalue weighted by Gasteiger charge is -2.30. The van der Waals surface area contributed by atoms with E-state index in [1.54, 1.807) is 0 Å². The fourth-order valence-electron chi connectivity index (χ4n) is 2.47. The van der Waals surface area contributed by atoms with Crippen LogP contribution in [0.25, 0.3) is 0 Å². The van der Waals surface area contributed by atoms with E-state index in [1.807, 2.05) is 18.7 Å². The zero-order valence-electron chi connectivity index (χ0n) is 10.2. The highest BCUT2D eigenvalue weighted by Gasteiger charge is 2.31. The molecule has 1 saturated carbocycles. The van der Waals surface area contributed by atoms with Crippen molar-refractivity contribution in [3.05, 3.63) is 0 Å². The topological polar surface area (TPSA) is 63.4 Å². The van der Waals surface area contributed by atoms with Gasteiger partial charge >= 0.3 is 0 Å². The van der Waals surface area contributed by atoms with Crippen molar-refractivity contribution in [2.24, 2.45) is 17.6 Å². The molecule has 1 fully saturated rings. The fourth-order valence-corrected chi connectivity index (χ4v) is 2.47. The van der Waals surface area contributed by atoms with Crippen molar-refractivity contribution in [1.82, 2.24) is 4.90 Å². The second-order valence-corrected chi connectivity index (χ2v) is 4.47. The summed E-state index contributed by atoms with van der Waals surface area (Å²) in [5, 5.41) is 0. The molecule has 4 nitrogen and oxygen atoms in total. The number of carbonyl (C=O) groups excluding carboxylic acids is 2. The van der Waals surface area contributed by atoms with Gasteiger partial charge in [0, 0.05) is 24.9 Å². The largest absolute Gasteiger partial charge is 0.369 e. The van der Waals surface area contributed by atoms with Gasteiger partial charge < -0.3 is 10.6 Å². The SMILES string of the molecule is CCN(CC)C(=O)C1CCCC(C(N)=O)C1. The normalized spacial score (nSPS) is 25.1. The van der Waals surface area contributed by atoms with E-state index in [2.05, 4.69) is 0 Å². The van der Waals surface area contributed by atoms with Crippen molar-refractivity contribution in [3.63, 3.8) is 0 Å². The van der Waals surface area contributed by atoms with Crippen molar-refractivity contribution in [2.75, 3.05) is 13.1 Å². The Bertz CT molecular complexity index is 262. The van der Waals surface area contributed by atoms with E-state index in [0.29, 0.717) is 6.42 Å². The number of nitrogens with zero attached hydrogens (tertiary/aromatic N) is 1. The molecule has 0 aromatic carbocycles. The highest BCUT2D eigenvalue weighted by molar-refractivity contribution is 5.81. The summed E-state index contributed by atoms with van der Waals surface area (Å²) in [5.41, 5.74) is 5.31. The Balaban J connectivity index is 2.59. The zero-order chi connectivity index (χ0) is 12.1. The number of carbonyl (C=O) groups is 2. The van der Waals surface area contributed by atoms with Crippen LogP contribution in [0.2, 0.25) is 0 Å². The third kappa shape index (κ3) is 2.97. The van der Waals surface area contributed by atoms with E-state index in [0.717, 1.165) is 32.4 Å². The maximum absolute atomic E-state index is 12.1. The second-order valence-electron chi connectivity index (χ2n) is 4.47. The molecule has 1 rings (SSSR count). The first kappa shape index (κ1) is 13.0. The van der Waals surface area contributed by atoms with Gasteiger partial charge in [0.2, 0.25) is 11.8 Å². The van der Waals surface area contributed by atoms with Gasteiger partial charge in [-0.3, -0.25) is 9.59 Å². The van der Waals surface area contributed by atoms with Crippen LogP contribution >= 0.6 is 0 Å². The summed E-state index contributed by atoms with van der Waals surface area (Å²) in [6.45, 7) is 5.45. The molecule has 16 heavy (non-hydrogen) atoms. The van der Waals surface area contributed by atoms with Crippen LogP contribution in [0.15, 0.2) is 0 Å². The van der Waals surface area contributed by atoms with Crippen molar-refractivity contribution in [3.8, 4) is 0 Å². The molecule has 1 aliphatic rings. The van der Waals surface area contributed by atoms with Gasteiger partial charge in [-0.15, -0.1) is 0 Å². The molecule has 2 N–H and O–H groups in total. The van der Waals surface area contributed by atoms with Gasteiger partial charge in [-0.2, -0.15) is 0 Å². The molecule has 0 spiro atoms. The second kappa shape index (κ2) is 5.87. The van der Waals surface area contributed by atoms with Crippen LogP contribution in [0.5, 0.6) is 0 Å². The van der Waals surface area contributed by atoms with Gasteiger partial charge in [-0.05, 0) is 33.1 Å². The van der Waals surface area contributed by atoms with Gasteiger partial charge in [-0.1, -0.05) is 6.42 Å². The average Bonchev–Trinajstić information content (AvgIpc) is 2.30. The first-order chi connectivity index (χ1) is 7.60. The molecule has 4 heteroatoms. The van der Waals surface area contributed by atoms with Gasteiger partial charge in [-0.25, -0.2) is 0 Å². The number of primary amides is 1. The standard InChI is InChI=1S/C12H22N2O2/c1-3-14(4-2)12(16)10-7-5-6-9(8-10)11(13)15/h9-10H,3-8H2,1-2H3,(H2,13,15). The molecular formula is C12H22N2O2. The van der Waals surface area contributed by atoms with Crippen LogP contribution in [0.3, 0.4) is 0 Å². The third-order valence-electron chi connectivity index (χ3n) is 3.50. The molecule has 0 bridgehead atoms. The van der Waals surface area contributed by atoms with Crippen LogP contribution in [0.4, 0.5) is 0 Å². The van der Waals surface area contributed by atoms with Crippen molar-refractivity contribution in [1.29, 1.82) is 0 Å². The molecule has 0 heterocycles. The average molecular weight is 226 g/mol. The summed E-state index contributed by atoms with van der Waals surface area (Å²) in [5.74, 6) is -0.155. The Hall–Kier alpha value is -1.06. The smallest absolute Gasteiger partial charge is 0.225 e. The summed E-state index contributed by atoms with van der Waals surface area (Å²) in [7, 11) is 0. The highest BCUT2D eigenvalue weighted by atomic mass is 16.2. The van der Waals surface area contributed by atoms with E-state index in [-0.39, 0.29) is 23.7 Å². The van der Waals surface area contributed by atoms with Crippen LogP contribution < -0.4 is 5.73 Å². The minimum atomic E-state index is -0.253. The molecule has 0 radical (unpaired) electrons. The molecule has 0 saturated heterocycles. The Morgan fingerprint density at radius 2 is 1.75 bits per heavy atom. The summed E-state index contributed by atoms with van der Waals surface area (Å²) < 4.78 is 0. The lowest BCUT2D eigenvalue weighted by molar-refractivity contribution is -0.137. The highest BCUT2D eigenvalue weighted by Crippen LogP contribution is 2.30. The van der Waals surface area contributed by atoms with Gasteiger partial charge in [0.05, 0.1) is 0 Å². The van der Waals surface area contributed by atoms with Crippen molar-refractivity contribution >= 4 is 11.8 Å². The molecule has 2 atom stereocenters. The number of hydrogen-bond acceptors (Lipinski definition) is 2. The van der Waals surface area contributed by atoms with Gasteiger partial charge in [0.25, 0.3) is 0 Å². The molecule has 92 valence electrons. The van der Waals surface area contributed by atoms with E-state index in [4.69, 9.17) is 5.73 Å². The summed E-state index contributed by atoms with van der Waals surface area (Å²) in [4.78, 5) is 25.1. The van der Waals surface area contributed by atoms with Crippen LogP contribution in [-0.2, 0) is 9.59 Å². The van der Waals surface area contributed by atoms with Crippen LogP contribution in [0, 0.1) is 11.8 Å². The third-order valence-corrected chi connectivity index (χ3v) is 3.50. The van der Waals surface area contributed by atoms with E-state index in [9.17, 15) is 9.59 Å². The van der Waals surface area contributed by atoms with Crippen molar-refractivity contribution in [2.45, 2.75) is 39.5 Å². The first-order valence-corrected chi connectivity index (χ1v) is 6.18. The number of rotatable bonds is 4. The Kier molecular flexibility index (Phi) is 4.77.